The average Bonchev–Trinajstić information content (AvgIpc) is 3.09. The lowest BCUT2D eigenvalue weighted by Gasteiger charge is -2.04. The number of rotatable bonds is 4. The smallest absolute Gasteiger partial charge is 0.174 e. The fourth-order valence-electron chi connectivity index (χ4n) is 2.77. The highest BCUT2D eigenvalue weighted by Crippen LogP contribution is 2.30. The van der Waals surface area contributed by atoms with E-state index in [2.05, 4.69) is 24.3 Å². The van der Waals surface area contributed by atoms with Crippen LogP contribution in [0.1, 0.15) is 10.6 Å². The molecule has 0 spiro atoms. The van der Waals surface area contributed by atoms with Crippen LogP contribution in [0.25, 0.3) is 33.1 Å². The Morgan fingerprint density at radius 3 is 2.76 bits per heavy atom. The van der Waals surface area contributed by atoms with E-state index in [-0.39, 0.29) is 6.61 Å². The van der Waals surface area contributed by atoms with E-state index in [9.17, 15) is 0 Å². The molecule has 0 aliphatic rings. The van der Waals surface area contributed by atoms with Gasteiger partial charge in [-0.05, 0) is 29.7 Å². The van der Waals surface area contributed by atoms with Gasteiger partial charge >= 0.3 is 0 Å². The standard InChI is InChI=1S/C21H14N2OS/c22-13-14-24-18-8-4-2-6-16(18)10-12-20-23-21-17-7-3-1-5-15(17)9-11-19(21)25-20/h1-12H,14H2/b12-10+. The van der Waals surface area contributed by atoms with E-state index >= 15 is 0 Å². The number of nitriles is 1. The van der Waals surface area contributed by atoms with Crippen molar-refractivity contribution in [2.24, 2.45) is 0 Å². The monoisotopic (exact) mass is 342 g/mol. The zero-order valence-electron chi connectivity index (χ0n) is 13.3. The Kier molecular flexibility index (Phi) is 4.16. The van der Waals surface area contributed by atoms with Gasteiger partial charge in [-0.2, -0.15) is 5.26 Å². The molecular weight excluding hydrogens is 328 g/mol. The van der Waals surface area contributed by atoms with Crippen LogP contribution >= 0.6 is 11.3 Å². The second-order valence-corrected chi connectivity index (χ2v) is 6.57. The van der Waals surface area contributed by atoms with Gasteiger partial charge in [0.2, 0.25) is 0 Å². The van der Waals surface area contributed by atoms with Gasteiger partial charge in [-0.1, -0.05) is 48.5 Å². The summed E-state index contributed by atoms with van der Waals surface area (Å²) < 4.78 is 6.64. The number of ether oxygens (including phenoxy) is 1. The topological polar surface area (TPSA) is 45.9 Å². The molecule has 0 aliphatic heterocycles. The first-order chi connectivity index (χ1) is 12.3. The predicted molar refractivity (Wildman–Crippen MR) is 104 cm³/mol. The van der Waals surface area contributed by atoms with Crippen molar-refractivity contribution in [2.45, 2.75) is 0 Å². The van der Waals surface area contributed by atoms with E-state index in [1.54, 1.807) is 11.3 Å². The van der Waals surface area contributed by atoms with Gasteiger partial charge in [0.25, 0.3) is 0 Å². The first kappa shape index (κ1) is 15.4. The Labute approximate surface area is 149 Å². The molecule has 3 aromatic carbocycles. The Morgan fingerprint density at radius 1 is 1.00 bits per heavy atom. The minimum Gasteiger partial charge on any atom is -0.478 e. The van der Waals surface area contributed by atoms with Crippen molar-refractivity contribution in [3.05, 3.63) is 71.2 Å². The van der Waals surface area contributed by atoms with Gasteiger partial charge in [-0.15, -0.1) is 11.3 Å². The lowest BCUT2D eigenvalue weighted by Crippen LogP contribution is -1.94. The van der Waals surface area contributed by atoms with Crippen molar-refractivity contribution in [1.29, 1.82) is 5.26 Å². The lowest BCUT2D eigenvalue weighted by atomic mass is 10.1. The number of nitrogens with zero attached hydrogens (tertiary/aromatic N) is 2. The summed E-state index contributed by atoms with van der Waals surface area (Å²) in [5, 5.41) is 12.0. The third kappa shape index (κ3) is 3.10. The first-order valence-electron chi connectivity index (χ1n) is 7.90. The molecule has 3 nitrogen and oxygen atoms in total. The Hall–Kier alpha value is -3.16. The molecule has 0 amide bonds. The van der Waals surface area contributed by atoms with E-state index in [0.717, 1.165) is 16.1 Å². The Morgan fingerprint density at radius 2 is 1.84 bits per heavy atom. The molecule has 4 rings (SSSR count). The first-order valence-corrected chi connectivity index (χ1v) is 8.72. The fourth-order valence-corrected chi connectivity index (χ4v) is 3.66. The van der Waals surface area contributed by atoms with Gasteiger partial charge in [0, 0.05) is 10.9 Å². The van der Waals surface area contributed by atoms with Crippen molar-refractivity contribution < 1.29 is 4.74 Å². The third-order valence-corrected chi connectivity index (χ3v) is 4.90. The molecule has 1 aromatic heterocycles. The summed E-state index contributed by atoms with van der Waals surface area (Å²) >= 11 is 1.66. The molecule has 0 unspecified atom stereocenters. The van der Waals surface area contributed by atoms with Crippen molar-refractivity contribution in [1.82, 2.24) is 4.98 Å². The highest BCUT2D eigenvalue weighted by atomic mass is 32.1. The quantitative estimate of drug-likeness (QED) is 0.490. The van der Waals surface area contributed by atoms with Crippen molar-refractivity contribution >= 4 is 44.5 Å². The van der Waals surface area contributed by atoms with Crippen LogP contribution in [0.2, 0.25) is 0 Å². The molecule has 0 bridgehead atoms. The van der Waals surface area contributed by atoms with Crippen LogP contribution in [-0.4, -0.2) is 11.6 Å². The summed E-state index contributed by atoms with van der Waals surface area (Å²) in [6.45, 7) is 0.0397. The zero-order valence-corrected chi connectivity index (χ0v) is 14.2. The maximum Gasteiger partial charge on any atom is 0.174 e. The maximum atomic E-state index is 8.69. The molecule has 0 atom stereocenters. The maximum absolute atomic E-state index is 8.69. The summed E-state index contributed by atoms with van der Waals surface area (Å²) in [5.41, 5.74) is 1.97. The summed E-state index contributed by atoms with van der Waals surface area (Å²) in [6.07, 6.45) is 3.97. The molecule has 0 fully saturated rings. The largest absolute Gasteiger partial charge is 0.478 e. The molecule has 0 aliphatic carbocycles. The van der Waals surface area contributed by atoms with Gasteiger partial charge in [0.05, 0.1) is 10.2 Å². The molecular formula is C21H14N2OS. The SMILES string of the molecule is N#CCOc1ccccc1/C=C/c1nc2c(ccc3ccccc32)s1. The summed E-state index contributed by atoms with van der Waals surface area (Å²) in [6, 6.07) is 22.2. The third-order valence-electron chi connectivity index (χ3n) is 3.92. The molecule has 0 radical (unpaired) electrons. The van der Waals surface area contributed by atoms with Crippen LogP contribution in [0.5, 0.6) is 5.75 Å². The minimum absolute atomic E-state index is 0.0397. The summed E-state index contributed by atoms with van der Waals surface area (Å²) in [7, 11) is 0. The highest BCUT2D eigenvalue weighted by molar-refractivity contribution is 7.19. The molecule has 0 N–H and O–H groups in total. The second kappa shape index (κ2) is 6.76. The van der Waals surface area contributed by atoms with Gasteiger partial charge in [0.1, 0.15) is 16.8 Å². The van der Waals surface area contributed by atoms with Crippen LogP contribution in [0, 0.1) is 11.3 Å². The molecule has 0 saturated heterocycles. The number of para-hydroxylation sites is 1. The summed E-state index contributed by atoms with van der Waals surface area (Å²) in [5.74, 6) is 0.701. The van der Waals surface area contributed by atoms with Crippen LogP contribution in [0.3, 0.4) is 0 Å². The van der Waals surface area contributed by atoms with E-state index in [0.29, 0.717) is 5.75 Å². The van der Waals surface area contributed by atoms with Crippen LogP contribution < -0.4 is 4.74 Å². The van der Waals surface area contributed by atoms with Gasteiger partial charge in [-0.25, -0.2) is 4.98 Å². The number of aromatic nitrogens is 1. The molecule has 4 heteroatoms. The highest BCUT2D eigenvalue weighted by Gasteiger charge is 2.06. The average molecular weight is 342 g/mol. The lowest BCUT2D eigenvalue weighted by molar-refractivity contribution is 0.367. The van der Waals surface area contributed by atoms with E-state index in [1.165, 1.54) is 15.5 Å². The molecule has 120 valence electrons. The molecule has 25 heavy (non-hydrogen) atoms. The van der Waals surface area contributed by atoms with Crippen LogP contribution in [-0.2, 0) is 0 Å². The molecule has 1 heterocycles. The van der Waals surface area contributed by atoms with Crippen LogP contribution in [0.15, 0.2) is 60.7 Å². The number of hydrogen-bond donors (Lipinski definition) is 0. The van der Waals surface area contributed by atoms with E-state index in [4.69, 9.17) is 15.0 Å². The summed E-state index contributed by atoms with van der Waals surface area (Å²) in [4.78, 5) is 4.79. The predicted octanol–water partition coefficient (Wildman–Crippen LogP) is 5.52. The number of fused-ring (bicyclic) bond motifs is 3. The fraction of sp³-hybridized carbons (Fsp3) is 0.0476. The number of hydrogen-bond acceptors (Lipinski definition) is 4. The normalized spacial score (nSPS) is 11.2. The van der Waals surface area contributed by atoms with Crippen molar-refractivity contribution in [2.75, 3.05) is 6.61 Å². The zero-order chi connectivity index (χ0) is 17.1. The van der Waals surface area contributed by atoms with Gasteiger partial charge < -0.3 is 4.74 Å². The van der Waals surface area contributed by atoms with Crippen molar-refractivity contribution in [3.63, 3.8) is 0 Å². The number of thiazole rings is 1. The van der Waals surface area contributed by atoms with Crippen molar-refractivity contribution in [3.8, 4) is 11.8 Å². The van der Waals surface area contributed by atoms with Crippen LogP contribution in [0.4, 0.5) is 0 Å². The number of benzene rings is 3. The van der Waals surface area contributed by atoms with Gasteiger partial charge in [0.15, 0.2) is 6.61 Å². The molecule has 4 aromatic rings. The second-order valence-electron chi connectivity index (χ2n) is 5.50. The Bertz CT molecular complexity index is 1120. The molecule has 0 saturated carbocycles. The van der Waals surface area contributed by atoms with E-state index in [1.807, 2.05) is 54.6 Å². The minimum atomic E-state index is 0.0397. The van der Waals surface area contributed by atoms with E-state index < -0.39 is 0 Å². The Balaban J connectivity index is 1.71. The van der Waals surface area contributed by atoms with Gasteiger partial charge in [-0.3, -0.25) is 0 Å².